The van der Waals surface area contributed by atoms with Crippen LogP contribution in [0.3, 0.4) is 0 Å². The first-order valence-corrected chi connectivity index (χ1v) is 12.2. The average Bonchev–Trinajstić information content (AvgIpc) is 3.44. The summed E-state index contributed by atoms with van der Waals surface area (Å²) in [6, 6.07) is 8.37. The number of ether oxygens (including phenoxy) is 2. The van der Waals surface area contributed by atoms with Crippen LogP contribution in [0.25, 0.3) is 0 Å². The summed E-state index contributed by atoms with van der Waals surface area (Å²) in [5.74, 6) is -2.61. The topological polar surface area (TPSA) is 140 Å². The van der Waals surface area contributed by atoms with Crippen LogP contribution in [0.5, 0.6) is 11.5 Å². The van der Waals surface area contributed by atoms with E-state index in [1.807, 2.05) is 32.0 Å². The molecule has 0 aliphatic carbocycles. The lowest BCUT2D eigenvalue weighted by atomic mass is 9.76. The summed E-state index contributed by atoms with van der Waals surface area (Å²) in [6.45, 7) is 3.96. The van der Waals surface area contributed by atoms with Crippen molar-refractivity contribution in [2.75, 3.05) is 26.1 Å². The van der Waals surface area contributed by atoms with Crippen LogP contribution in [0.2, 0.25) is 0 Å². The Bertz CT molecular complexity index is 1340. The monoisotopic (exact) mass is 506 g/mol. The number of hydrogen-bond acceptors (Lipinski definition) is 7. The van der Waals surface area contributed by atoms with Gasteiger partial charge in [0.25, 0.3) is 0 Å². The first-order valence-electron chi connectivity index (χ1n) is 12.2. The molecular formula is C27H30N4O6. The van der Waals surface area contributed by atoms with Gasteiger partial charge < -0.3 is 20.5 Å². The molecule has 0 bridgehead atoms. The van der Waals surface area contributed by atoms with E-state index < -0.39 is 47.0 Å². The number of primary amides is 1. The van der Waals surface area contributed by atoms with Crippen LogP contribution >= 0.6 is 0 Å². The average molecular weight is 507 g/mol. The van der Waals surface area contributed by atoms with Crippen LogP contribution in [-0.4, -0.2) is 55.3 Å². The molecule has 0 radical (unpaired) electrons. The Kier molecular flexibility index (Phi) is 5.94. The number of nitrogens with zero attached hydrogens (tertiary/aromatic N) is 1. The molecule has 2 fully saturated rings. The summed E-state index contributed by atoms with van der Waals surface area (Å²) in [5.41, 5.74) is 8.04. The van der Waals surface area contributed by atoms with Crippen molar-refractivity contribution in [1.29, 1.82) is 0 Å². The van der Waals surface area contributed by atoms with Crippen molar-refractivity contribution >= 4 is 29.3 Å². The second kappa shape index (κ2) is 8.88. The summed E-state index contributed by atoms with van der Waals surface area (Å²) in [6.07, 6.45) is 0.220. The fourth-order valence-corrected chi connectivity index (χ4v) is 6.07. The molecule has 4 N–H and O–H groups in total. The van der Waals surface area contributed by atoms with E-state index in [0.29, 0.717) is 29.2 Å². The zero-order valence-electron chi connectivity index (χ0n) is 21.2. The third kappa shape index (κ3) is 3.58. The SMILES string of the molecule is COc1ccc(CCN2C(=O)[C@@H]3[C@@H](CC(N)=O)N[C@]4(C(=O)Nc5c4ccc(C)c5C)[C@H]3C2=O)cc1OC. The van der Waals surface area contributed by atoms with E-state index in [1.54, 1.807) is 19.2 Å². The summed E-state index contributed by atoms with van der Waals surface area (Å²) in [4.78, 5) is 54.2. The van der Waals surface area contributed by atoms with Gasteiger partial charge in [0.05, 0.1) is 26.1 Å². The molecule has 2 saturated heterocycles. The minimum absolute atomic E-state index is 0.126. The third-order valence-corrected chi connectivity index (χ3v) is 8.01. The summed E-state index contributed by atoms with van der Waals surface area (Å²) < 4.78 is 10.6. The van der Waals surface area contributed by atoms with Gasteiger partial charge in [-0.15, -0.1) is 0 Å². The van der Waals surface area contributed by atoms with Crippen molar-refractivity contribution in [1.82, 2.24) is 10.2 Å². The van der Waals surface area contributed by atoms with Crippen molar-refractivity contribution in [2.45, 2.75) is 38.3 Å². The summed E-state index contributed by atoms with van der Waals surface area (Å²) in [7, 11) is 3.08. The van der Waals surface area contributed by atoms with Crippen molar-refractivity contribution in [2.24, 2.45) is 17.6 Å². The smallest absolute Gasteiger partial charge is 0.250 e. The van der Waals surface area contributed by atoms with Gasteiger partial charge in [-0.3, -0.25) is 29.4 Å². The van der Waals surface area contributed by atoms with Crippen LogP contribution < -0.4 is 25.8 Å². The molecule has 2 aromatic carbocycles. The maximum atomic E-state index is 13.9. The number of anilines is 1. The maximum absolute atomic E-state index is 13.9. The predicted octanol–water partition coefficient (Wildman–Crippen LogP) is 1.16. The number of hydrogen-bond donors (Lipinski definition) is 3. The molecule has 4 atom stereocenters. The molecule has 37 heavy (non-hydrogen) atoms. The Balaban J connectivity index is 1.51. The van der Waals surface area contributed by atoms with Crippen LogP contribution in [0, 0.1) is 25.7 Å². The normalized spacial score (nSPS) is 25.9. The zero-order valence-corrected chi connectivity index (χ0v) is 21.2. The van der Waals surface area contributed by atoms with Gasteiger partial charge in [-0.1, -0.05) is 18.2 Å². The number of carbonyl (C=O) groups excluding carboxylic acids is 4. The molecular weight excluding hydrogens is 476 g/mol. The van der Waals surface area contributed by atoms with Gasteiger partial charge in [0.2, 0.25) is 23.6 Å². The number of amides is 4. The molecule has 3 aliphatic heterocycles. The molecule has 10 nitrogen and oxygen atoms in total. The molecule has 1 spiro atoms. The van der Waals surface area contributed by atoms with E-state index in [4.69, 9.17) is 15.2 Å². The van der Waals surface area contributed by atoms with Crippen molar-refractivity contribution in [3.8, 4) is 11.5 Å². The molecule has 3 heterocycles. The lowest BCUT2D eigenvalue weighted by Gasteiger charge is -2.29. The van der Waals surface area contributed by atoms with Crippen LogP contribution in [0.15, 0.2) is 30.3 Å². The van der Waals surface area contributed by atoms with E-state index in [-0.39, 0.29) is 13.0 Å². The second-order valence-corrected chi connectivity index (χ2v) is 9.88. The van der Waals surface area contributed by atoms with E-state index in [0.717, 1.165) is 16.7 Å². The third-order valence-electron chi connectivity index (χ3n) is 8.01. The molecule has 10 heteroatoms. The molecule has 5 rings (SSSR count). The molecule has 4 amide bonds. The van der Waals surface area contributed by atoms with Crippen LogP contribution in [0.1, 0.15) is 28.7 Å². The van der Waals surface area contributed by atoms with E-state index in [1.165, 1.54) is 12.0 Å². The first-order chi connectivity index (χ1) is 17.6. The lowest BCUT2D eigenvalue weighted by Crippen LogP contribution is -2.53. The number of methoxy groups -OCH3 is 2. The van der Waals surface area contributed by atoms with E-state index >= 15 is 0 Å². The quantitative estimate of drug-likeness (QED) is 0.479. The Morgan fingerprint density at radius 3 is 2.46 bits per heavy atom. The number of rotatable bonds is 7. The highest BCUT2D eigenvalue weighted by molar-refractivity contribution is 6.15. The van der Waals surface area contributed by atoms with Crippen molar-refractivity contribution in [3.05, 3.63) is 52.6 Å². The fraction of sp³-hybridized carbons (Fsp3) is 0.407. The Morgan fingerprint density at radius 1 is 1.05 bits per heavy atom. The summed E-state index contributed by atoms with van der Waals surface area (Å²) >= 11 is 0. The van der Waals surface area contributed by atoms with Gasteiger partial charge in [0, 0.05) is 30.3 Å². The van der Waals surface area contributed by atoms with Gasteiger partial charge in [-0.05, 0) is 49.1 Å². The van der Waals surface area contributed by atoms with Gasteiger partial charge in [-0.2, -0.15) is 0 Å². The summed E-state index contributed by atoms with van der Waals surface area (Å²) in [5, 5.41) is 6.16. The van der Waals surface area contributed by atoms with Crippen molar-refractivity contribution in [3.63, 3.8) is 0 Å². The number of aryl methyl sites for hydroxylation is 1. The zero-order chi connectivity index (χ0) is 26.6. The van der Waals surface area contributed by atoms with E-state index in [9.17, 15) is 19.2 Å². The minimum atomic E-state index is -1.45. The Morgan fingerprint density at radius 2 is 1.78 bits per heavy atom. The van der Waals surface area contributed by atoms with Gasteiger partial charge >= 0.3 is 0 Å². The largest absolute Gasteiger partial charge is 0.493 e. The molecule has 3 aliphatic rings. The highest BCUT2D eigenvalue weighted by Gasteiger charge is 2.70. The lowest BCUT2D eigenvalue weighted by molar-refractivity contribution is -0.142. The highest BCUT2D eigenvalue weighted by atomic mass is 16.5. The standard InChI is InChI=1S/C27H30N4O6/c1-13-5-7-16-23(14(13)2)29-26(35)27(16)22-21(17(30-27)12-20(28)32)24(33)31(25(22)34)10-9-15-6-8-18(36-3)19(11-15)37-4/h5-8,11,17,21-22,30H,9-10,12H2,1-4H3,(H2,28,32)(H,29,35)/t17-,21-,22-,27+/m1/s1. The molecule has 0 saturated carbocycles. The highest BCUT2D eigenvalue weighted by Crippen LogP contribution is 2.54. The predicted molar refractivity (Wildman–Crippen MR) is 134 cm³/mol. The molecule has 0 unspecified atom stereocenters. The number of likely N-dealkylation sites (tertiary alicyclic amines) is 1. The van der Waals surface area contributed by atoms with Gasteiger partial charge in [0.1, 0.15) is 5.54 Å². The van der Waals surface area contributed by atoms with Gasteiger partial charge in [0.15, 0.2) is 11.5 Å². The number of fused-ring (bicyclic) bond motifs is 4. The molecule has 194 valence electrons. The number of nitrogens with one attached hydrogen (secondary N) is 2. The Hall–Kier alpha value is -3.92. The van der Waals surface area contributed by atoms with Crippen LogP contribution in [0.4, 0.5) is 5.69 Å². The minimum Gasteiger partial charge on any atom is -0.493 e. The molecule has 0 aromatic heterocycles. The van der Waals surface area contributed by atoms with Crippen molar-refractivity contribution < 1.29 is 28.7 Å². The van der Waals surface area contributed by atoms with Gasteiger partial charge in [-0.25, -0.2) is 0 Å². The fourth-order valence-electron chi connectivity index (χ4n) is 6.07. The first kappa shape index (κ1) is 24.8. The number of imide groups is 1. The second-order valence-electron chi connectivity index (χ2n) is 9.88. The maximum Gasteiger partial charge on any atom is 0.250 e. The number of benzene rings is 2. The molecule has 2 aromatic rings. The van der Waals surface area contributed by atoms with E-state index in [2.05, 4.69) is 10.6 Å². The Labute approximate surface area is 214 Å². The number of carbonyl (C=O) groups is 4. The number of nitrogens with two attached hydrogens (primary N) is 1. The van der Waals surface area contributed by atoms with Crippen LogP contribution in [-0.2, 0) is 31.1 Å².